The predicted octanol–water partition coefficient (Wildman–Crippen LogP) is 14.9. The zero-order chi connectivity index (χ0) is 41.1. The van der Waals surface area contributed by atoms with Crippen LogP contribution in [0.3, 0.4) is 0 Å². The first kappa shape index (κ1) is 38.1. The van der Waals surface area contributed by atoms with E-state index in [9.17, 15) is 0 Å². The second-order valence-corrected chi connectivity index (χ2v) is 16.3. The SMILES string of the molecule is CCCCCCOc1cc2c(cc1OCCCCCC)c1c3cccc4c5c6cc(OC)c(OC)cc6c6cc(OC)c(OC)cc6c5c(c5cc6ccccc6c2c51)c34. The second-order valence-electron chi connectivity index (χ2n) is 16.3. The highest BCUT2D eigenvalue weighted by atomic mass is 16.5. The number of hydrogen-bond donors (Lipinski definition) is 0. The van der Waals surface area contributed by atoms with Crippen molar-refractivity contribution in [2.75, 3.05) is 41.7 Å². The Morgan fingerprint density at radius 1 is 0.317 bits per heavy atom. The average Bonchev–Trinajstić information content (AvgIpc) is 3.81. The van der Waals surface area contributed by atoms with Crippen molar-refractivity contribution in [3.63, 3.8) is 0 Å². The van der Waals surface area contributed by atoms with E-state index in [0.717, 1.165) is 58.7 Å². The van der Waals surface area contributed by atoms with Crippen LogP contribution < -0.4 is 28.4 Å². The van der Waals surface area contributed by atoms with E-state index >= 15 is 0 Å². The summed E-state index contributed by atoms with van der Waals surface area (Å²) in [5.74, 6) is 4.39. The molecule has 0 aromatic heterocycles. The molecule has 0 aliphatic rings. The van der Waals surface area contributed by atoms with E-state index in [-0.39, 0.29) is 0 Å². The highest BCUT2D eigenvalue weighted by Crippen LogP contribution is 2.56. The Kier molecular flexibility index (Phi) is 9.82. The fraction of sp³-hybridized carbons (Fsp3) is 0.296. The molecule has 6 heteroatoms. The highest BCUT2D eigenvalue weighted by Gasteiger charge is 2.28. The average molecular weight is 797 g/mol. The molecule has 0 heterocycles. The van der Waals surface area contributed by atoms with Crippen LogP contribution in [0.1, 0.15) is 65.2 Å². The van der Waals surface area contributed by atoms with Gasteiger partial charge < -0.3 is 28.4 Å². The minimum Gasteiger partial charge on any atom is -0.493 e. The molecule has 10 aromatic carbocycles. The van der Waals surface area contributed by atoms with Crippen LogP contribution in [-0.4, -0.2) is 41.7 Å². The lowest BCUT2D eigenvalue weighted by molar-refractivity contribution is 0.259. The number of unbranched alkanes of at least 4 members (excludes halogenated alkanes) is 6. The molecule has 0 atom stereocenters. The molecular formula is C54H52O6. The van der Waals surface area contributed by atoms with Crippen molar-refractivity contribution in [1.82, 2.24) is 0 Å². The molecule has 10 aromatic rings. The van der Waals surface area contributed by atoms with Gasteiger partial charge >= 0.3 is 0 Å². The van der Waals surface area contributed by atoms with Crippen molar-refractivity contribution in [3.8, 4) is 34.5 Å². The Bertz CT molecular complexity index is 3240. The van der Waals surface area contributed by atoms with Crippen molar-refractivity contribution >= 4 is 97.0 Å². The molecule has 0 aliphatic carbocycles. The summed E-state index contributed by atoms with van der Waals surface area (Å²) < 4.78 is 37.2. The van der Waals surface area contributed by atoms with Crippen LogP contribution in [0.15, 0.2) is 84.9 Å². The Hall–Kier alpha value is -6.14. The summed E-state index contributed by atoms with van der Waals surface area (Å²) in [7, 11) is 6.80. The molecule has 0 fully saturated rings. The van der Waals surface area contributed by atoms with Crippen LogP contribution in [0.25, 0.3) is 97.0 Å². The van der Waals surface area contributed by atoms with E-state index in [1.54, 1.807) is 28.4 Å². The zero-order valence-corrected chi connectivity index (χ0v) is 35.6. The summed E-state index contributed by atoms with van der Waals surface area (Å²) in [5.41, 5.74) is 0. The van der Waals surface area contributed by atoms with Crippen LogP contribution in [0.4, 0.5) is 0 Å². The van der Waals surface area contributed by atoms with Gasteiger partial charge in [0.05, 0.1) is 41.7 Å². The zero-order valence-electron chi connectivity index (χ0n) is 35.6. The van der Waals surface area contributed by atoms with Crippen LogP contribution >= 0.6 is 0 Å². The van der Waals surface area contributed by atoms with Gasteiger partial charge in [-0.2, -0.15) is 0 Å². The molecule has 6 nitrogen and oxygen atoms in total. The molecule has 0 radical (unpaired) electrons. The minimum absolute atomic E-state index is 0.665. The van der Waals surface area contributed by atoms with Crippen molar-refractivity contribution in [3.05, 3.63) is 84.9 Å². The molecule has 0 amide bonds. The van der Waals surface area contributed by atoms with Crippen LogP contribution in [-0.2, 0) is 0 Å². The maximum atomic E-state index is 6.70. The Balaban J connectivity index is 1.38. The van der Waals surface area contributed by atoms with Crippen molar-refractivity contribution in [2.45, 2.75) is 65.2 Å². The molecule has 0 spiro atoms. The smallest absolute Gasteiger partial charge is 0.161 e. The molecule has 0 saturated carbocycles. The fourth-order valence-electron chi connectivity index (χ4n) is 10.2. The van der Waals surface area contributed by atoms with E-state index < -0.39 is 0 Å². The van der Waals surface area contributed by atoms with Crippen molar-refractivity contribution in [1.29, 1.82) is 0 Å². The molecular weight excluding hydrogens is 745 g/mol. The highest BCUT2D eigenvalue weighted by molar-refractivity contribution is 6.53. The van der Waals surface area contributed by atoms with E-state index in [1.807, 2.05) is 0 Å². The maximum Gasteiger partial charge on any atom is 0.161 e. The molecule has 60 heavy (non-hydrogen) atoms. The first-order valence-electron chi connectivity index (χ1n) is 21.7. The number of fused-ring (bicyclic) bond motifs is 15. The first-order valence-corrected chi connectivity index (χ1v) is 21.7. The van der Waals surface area contributed by atoms with Gasteiger partial charge in [0.1, 0.15) is 0 Å². The van der Waals surface area contributed by atoms with Gasteiger partial charge in [0.15, 0.2) is 34.5 Å². The normalized spacial score (nSPS) is 12.2. The van der Waals surface area contributed by atoms with Gasteiger partial charge in [-0.3, -0.25) is 0 Å². The Morgan fingerprint density at radius 3 is 1.22 bits per heavy atom. The summed E-state index contributed by atoms with van der Waals surface area (Å²) in [6, 6.07) is 31.2. The first-order chi connectivity index (χ1) is 29.5. The lowest BCUT2D eigenvalue weighted by Crippen LogP contribution is -2.02. The molecule has 0 unspecified atom stereocenters. The summed E-state index contributed by atoms with van der Waals surface area (Å²) in [4.78, 5) is 0. The van der Waals surface area contributed by atoms with Gasteiger partial charge in [-0.1, -0.05) is 94.8 Å². The van der Waals surface area contributed by atoms with Gasteiger partial charge in [-0.15, -0.1) is 0 Å². The number of hydrogen-bond acceptors (Lipinski definition) is 6. The Morgan fingerprint density at radius 2 is 0.700 bits per heavy atom. The Labute approximate surface area is 350 Å². The molecule has 0 N–H and O–H groups in total. The third-order valence-corrected chi connectivity index (χ3v) is 12.9. The third kappa shape index (κ3) is 5.74. The van der Waals surface area contributed by atoms with E-state index in [4.69, 9.17) is 28.4 Å². The van der Waals surface area contributed by atoms with E-state index in [2.05, 4.69) is 98.8 Å². The minimum atomic E-state index is 0.665. The van der Waals surface area contributed by atoms with E-state index in [0.29, 0.717) is 36.2 Å². The number of ether oxygens (including phenoxy) is 6. The van der Waals surface area contributed by atoms with Gasteiger partial charge in [-0.25, -0.2) is 0 Å². The lowest BCUT2D eigenvalue weighted by atomic mass is 9.91. The maximum absolute atomic E-state index is 6.70. The third-order valence-electron chi connectivity index (χ3n) is 12.9. The number of methoxy groups -OCH3 is 4. The number of benzene rings is 8. The fourth-order valence-corrected chi connectivity index (χ4v) is 10.2. The summed E-state index contributed by atoms with van der Waals surface area (Å²) in [6.07, 6.45) is 9.16. The predicted molar refractivity (Wildman–Crippen MR) is 252 cm³/mol. The summed E-state index contributed by atoms with van der Waals surface area (Å²) in [5, 5.41) is 21.4. The largest absolute Gasteiger partial charge is 0.493 e. The summed E-state index contributed by atoms with van der Waals surface area (Å²) >= 11 is 0. The standard InChI is InChI=1S/C54H52O6/c1-7-9-11-15-22-59-46-29-39-40(30-47(46)60-23-16-12-10-8-2)51-34-21-17-20-33-49(34)54(41-24-31-18-13-14-19-32(31)48(39)53(41)51)52-38-28-45(58-6)43(56-4)26-36(38)35-25-42(55-3)44(57-5)27-37(35)50(33)52/h13-14,17-21,24-30H,7-12,15-16,22-23H2,1-6H3. The topological polar surface area (TPSA) is 55.4 Å². The molecule has 0 aliphatic heterocycles. The van der Waals surface area contributed by atoms with Crippen molar-refractivity contribution in [2.24, 2.45) is 0 Å². The van der Waals surface area contributed by atoms with Gasteiger partial charge in [-0.05, 0) is 152 Å². The molecule has 0 bridgehead atoms. The monoisotopic (exact) mass is 796 g/mol. The van der Waals surface area contributed by atoms with Gasteiger partial charge in [0, 0.05) is 0 Å². The number of rotatable bonds is 16. The van der Waals surface area contributed by atoms with Crippen molar-refractivity contribution < 1.29 is 28.4 Å². The molecule has 0 saturated heterocycles. The van der Waals surface area contributed by atoms with Gasteiger partial charge in [0.2, 0.25) is 0 Å². The lowest BCUT2D eigenvalue weighted by Gasteiger charge is -2.16. The van der Waals surface area contributed by atoms with Crippen LogP contribution in [0.5, 0.6) is 34.5 Å². The quantitative estimate of drug-likeness (QED) is 0.0551. The molecule has 10 rings (SSSR count). The van der Waals surface area contributed by atoms with Crippen LogP contribution in [0, 0.1) is 0 Å². The second kappa shape index (κ2) is 15.5. The van der Waals surface area contributed by atoms with E-state index in [1.165, 1.54) is 101 Å². The van der Waals surface area contributed by atoms with Crippen LogP contribution in [0.2, 0.25) is 0 Å². The van der Waals surface area contributed by atoms with Gasteiger partial charge in [0.25, 0.3) is 0 Å². The molecule has 304 valence electrons. The summed E-state index contributed by atoms with van der Waals surface area (Å²) in [6.45, 7) is 5.83.